The molecule has 5 heteroatoms. The zero-order valence-corrected chi connectivity index (χ0v) is 16.6. The lowest BCUT2D eigenvalue weighted by Gasteiger charge is -2.11. The fraction of sp³-hybridized carbons (Fsp3) is 0.182. The Bertz CT molecular complexity index is 882. The predicted octanol–water partition coefficient (Wildman–Crippen LogP) is 6.58. The Morgan fingerprint density at radius 3 is 2.41 bits per heavy atom. The summed E-state index contributed by atoms with van der Waals surface area (Å²) in [6.07, 6.45) is 0. The van der Waals surface area contributed by atoms with Gasteiger partial charge in [0.2, 0.25) is 0 Å². The fourth-order valence-electron chi connectivity index (χ4n) is 2.58. The molecule has 27 heavy (non-hydrogen) atoms. The van der Waals surface area contributed by atoms with Crippen molar-refractivity contribution in [2.75, 3.05) is 11.9 Å². The molecule has 0 amide bonds. The number of halogens is 2. The molecular formula is C22H21Cl2NO2. The molecule has 0 fully saturated rings. The van der Waals surface area contributed by atoms with Gasteiger partial charge in [-0.15, -0.1) is 0 Å². The number of benzene rings is 3. The normalized spacial score (nSPS) is 10.5. The van der Waals surface area contributed by atoms with Crippen LogP contribution in [0.15, 0.2) is 66.7 Å². The molecule has 0 aliphatic rings. The van der Waals surface area contributed by atoms with Crippen molar-refractivity contribution in [2.45, 2.75) is 20.1 Å². The molecule has 0 atom stereocenters. The molecule has 0 aromatic heterocycles. The number of ether oxygens (including phenoxy) is 2. The molecule has 0 radical (unpaired) electrons. The topological polar surface area (TPSA) is 30.5 Å². The van der Waals surface area contributed by atoms with Crippen LogP contribution in [0.5, 0.6) is 11.5 Å². The molecule has 0 saturated carbocycles. The number of rotatable bonds is 8. The fourth-order valence-corrected chi connectivity index (χ4v) is 3.05. The third kappa shape index (κ3) is 5.81. The zero-order chi connectivity index (χ0) is 19.1. The molecule has 0 heterocycles. The minimum Gasteiger partial charge on any atom is -0.494 e. The van der Waals surface area contributed by atoms with Gasteiger partial charge in [0.05, 0.1) is 6.61 Å². The average Bonchev–Trinajstić information content (AvgIpc) is 2.67. The van der Waals surface area contributed by atoms with E-state index in [1.807, 2.05) is 61.5 Å². The summed E-state index contributed by atoms with van der Waals surface area (Å²) in [7, 11) is 0. The van der Waals surface area contributed by atoms with Gasteiger partial charge in [-0.05, 0) is 61.0 Å². The Labute approximate surface area is 169 Å². The molecule has 0 saturated heterocycles. The van der Waals surface area contributed by atoms with Crippen LogP contribution in [0.4, 0.5) is 5.69 Å². The van der Waals surface area contributed by atoms with Crippen LogP contribution in [0.1, 0.15) is 18.1 Å². The second-order valence-electron chi connectivity index (χ2n) is 5.98. The Kier molecular flexibility index (Phi) is 6.86. The summed E-state index contributed by atoms with van der Waals surface area (Å²) in [6, 6.07) is 21.3. The van der Waals surface area contributed by atoms with Gasteiger partial charge in [-0.25, -0.2) is 0 Å². The summed E-state index contributed by atoms with van der Waals surface area (Å²) in [5, 5.41) is 4.62. The van der Waals surface area contributed by atoms with E-state index in [9.17, 15) is 0 Å². The zero-order valence-electron chi connectivity index (χ0n) is 15.0. The van der Waals surface area contributed by atoms with Gasteiger partial charge in [0.1, 0.15) is 18.1 Å². The number of hydrogen-bond donors (Lipinski definition) is 1. The summed E-state index contributed by atoms with van der Waals surface area (Å²) < 4.78 is 11.3. The molecule has 3 aromatic carbocycles. The lowest BCUT2D eigenvalue weighted by atomic mass is 10.2. The molecule has 0 aliphatic heterocycles. The maximum atomic E-state index is 6.19. The van der Waals surface area contributed by atoms with E-state index in [2.05, 4.69) is 11.4 Å². The van der Waals surface area contributed by atoms with Crippen molar-refractivity contribution in [3.63, 3.8) is 0 Å². The van der Waals surface area contributed by atoms with Crippen molar-refractivity contribution in [2.24, 2.45) is 0 Å². The summed E-state index contributed by atoms with van der Waals surface area (Å²) in [4.78, 5) is 0. The first-order valence-electron chi connectivity index (χ1n) is 8.76. The van der Waals surface area contributed by atoms with E-state index in [1.165, 1.54) is 0 Å². The van der Waals surface area contributed by atoms with Gasteiger partial charge in [-0.3, -0.25) is 0 Å². The van der Waals surface area contributed by atoms with Crippen LogP contribution >= 0.6 is 23.2 Å². The highest BCUT2D eigenvalue weighted by atomic mass is 35.5. The van der Waals surface area contributed by atoms with E-state index in [1.54, 1.807) is 6.07 Å². The lowest BCUT2D eigenvalue weighted by molar-refractivity contribution is 0.306. The van der Waals surface area contributed by atoms with Gasteiger partial charge in [-0.1, -0.05) is 41.4 Å². The summed E-state index contributed by atoms with van der Waals surface area (Å²) >= 11 is 12.1. The van der Waals surface area contributed by atoms with Crippen LogP contribution in [0.3, 0.4) is 0 Å². The van der Waals surface area contributed by atoms with Crippen molar-refractivity contribution in [3.05, 3.63) is 87.9 Å². The smallest absolute Gasteiger partial charge is 0.120 e. The molecule has 3 rings (SSSR count). The van der Waals surface area contributed by atoms with E-state index in [-0.39, 0.29) is 0 Å². The SMILES string of the molecule is CCOc1ccc(NCc2cccc(OCc3ccc(Cl)cc3Cl)c2)cc1. The number of nitrogens with one attached hydrogen (secondary N) is 1. The van der Waals surface area contributed by atoms with Crippen molar-refractivity contribution in [3.8, 4) is 11.5 Å². The summed E-state index contributed by atoms with van der Waals surface area (Å²) in [5.74, 6) is 1.67. The van der Waals surface area contributed by atoms with Crippen LogP contribution in [0.2, 0.25) is 10.0 Å². The molecule has 140 valence electrons. The molecule has 3 aromatic rings. The van der Waals surface area contributed by atoms with Gasteiger partial charge in [0.15, 0.2) is 0 Å². The second kappa shape index (κ2) is 9.54. The van der Waals surface area contributed by atoms with Crippen molar-refractivity contribution >= 4 is 28.9 Å². The Morgan fingerprint density at radius 2 is 1.67 bits per heavy atom. The van der Waals surface area contributed by atoms with Crippen LogP contribution in [0.25, 0.3) is 0 Å². The average molecular weight is 402 g/mol. The molecular weight excluding hydrogens is 381 g/mol. The van der Waals surface area contributed by atoms with E-state index in [4.69, 9.17) is 32.7 Å². The standard InChI is InChI=1S/C22H21Cl2NO2/c1-2-26-20-10-8-19(9-11-20)25-14-16-4-3-5-21(12-16)27-15-17-6-7-18(23)13-22(17)24/h3-13,25H,2,14-15H2,1H3. The molecule has 0 spiro atoms. The van der Waals surface area contributed by atoms with Crippen LogP contribution in [-0.4, -0.2) is 6.61 Å². The quantitative estimate of drug-likeness (QED) is 0.462. The first-order chi connectivity index (χ1) is 13.1. The van der Waals surface area contributed by atoms with E-state index in [0.29, 0.717) is 29.8 Å². The lowest BCUT2D eigenvalue weighted by Crippen LogP contribution is -2.01. The number of hydrogen-bond acceptors (Lipinski definition) is 3. The van der Waals surface area contributed by atoms with Crippen molar-refractivity contribution in [1.82, 2.24) is 0 Å². The van der Waals surface area contributed by atoms with Gasteiger partial charge < -0.3 is 14.8 Å². The Morgan fingerprint density at radius 1 is 0.852 bits per heavy atom. The highest BCUT2D eigenvalue weighted by molar-refractivity contribution is 6.35. The first kappa shape index (κ1) is 19.4. The maximum Gasteiger partial charge on any atom is 0.120 e. The number of anilines is 1. The summed E-state index contributed by atoms with van der Waals surface area (Å²) in [6.45, 7) is 3.74. The molecule has 0 bridgehead atoms. The highest BCUT2D eigenvalue weighted by Crippen LogP contribution is 2.23. The van der Waals surface area contributed by atoms with Crippen LogP contribution < -0.4 is 14.8 Å². The van der Waals surface area contributed by atoms with E-state index >= 15 is 0 Å². The summed E-state index contributed by atoms with van der Waals surface area (Å²) in [5.41, 5.74) is 3.07. The van der Waals surface area contributed by atoms with E-state index in [0.717, 1.165) is 28.3 Å². The maximum absolute atomic E-state index is 6.19. The van der Waals surface area contributed by atoms with Gasteiger partial charge >= 0.3 is 0 Å². The van der Waals surface area contributed by atoms with E-state index < -0.39 is 0 Å². The second-order valence-corrected chi connectivity index (χ2v) is 6.83. The molecule has 0 aliphatic carbocycles. The van der Waals surface area contributed by atoms with Gasteiger partial charge in [-0.2, -0.15) is 0 Å². The monoisotopic (exact) mass is 401 g/mol. The third-order valence-electron chi connectivity index (χ3n) is 3.97. The molecule has 3 nitrogen and oxygen atoms in total. The van der Waals surface area contributed by atoms with Gasteiger partial charge in [0, 0.05) is 27.8 Å². The minimum atomic E-state index is 0.395. The van der Waals surface area contributed by atoms with Crippen molar-refractivity contribution in [1.29, 1.82) is 0 Å². The Balaban J connectivity index is 1.56. The molecule has 0 unspecified atom stereocenters. The third-order valence-corrected chi connectivity index (χ3v) is 4.56. The van der Waals surface area contributed by atoms with Gasteiger partial charge in [0.25, 0.3) is 0 Å². The first-order valence-corrected chi connectivity index (χ1v) is 9.52. The highest BCUT2D eigenvalue weighted by Gasteiger charge is 2.04. The minimum absolute atomic E-state index is 0.395. The Hall–Kier alpha value is -2.36. The van der Waals surface area contributed by atoms with Crippen LogP contribution in [-0.2, 0) is 13.2 Å². The largest absolute Gasteiger partial charge is 0.494 e. The van der Waals surface area contributed by atoms with Crippen molar-refractivity contribution < 1.29 is 9.47 Å². The van der Waals surface area contributed by atoms with Crippen LogP contribution in [0, 0.1) is 0 Å². The predicted molar refractivity (Wildman–Crippen MR) is 112 cm³/mol. The molecule has 1 N–H and O–H groups in total.